The lowest BCUT2D eigenvalue weighted by Gasteiger charge is -2.18. The molecule has 122 valence electrons. The minimum atomic E-state index is -1.02. The maximum Gasteiger partial charge on any atom is 0.252 e. The smallest absolute Gasteiger partial charge is 0.252 e. The number of nitrogens with zero attached hydrogens (tertiary/aromatic N) is 1. The lowest BCUT2D eigenvalue weighted by molar-refractivity contribution is 0.0942. The third kappa shape index (κ3) is 3.68. The molecule has 24 heavy (non-hydrogen) atoms. The molecule has 0 aliphatic carbocycles. The second-order valence-electron chi connectivity index (χ2n) is 5.55. The van der Waals surface area contributed by atoms with E-state index in [0.717, 1.165) is 16.5 Å². The first-order chi connectivity index (χ1) is 11.6. The summed E-state index contributed by atoms with van der Waals surface area (Å²) in [7, 11) is -1.02. The van der Waals surface area contributed by atoms with Crippen LogP contribution in [-0.2, 0) is 10.8 Å². The van der Waals surface area contributed by atoms with Crippen LogP contribution < -0.4 is 5.32 Å². The molecular weight excluding hydrogens is 320 g/mol. The molecule has 0 aliphatic heterocycles. The normalized spacial score (nSPS) is 13.4. The van der Waals surface area contributed by atoms with Gasteiger partial charge in [-0.1, -0.05) is 42.5 Å². The Hall–Kier alpha value is -2.53. The standard InChI is InChI=1S/C19H18N2O2S/c1-24(23)13-18(14-7-3-2-4-8-14)21-19(22)16-9-5-11-17-15(16)10-6-12-20-17/h2-12,18H,13H2,1H3,(H,21,22)/t18-,24+/m1/s1. The van der Waals surface area contributed by atoms with E-state index < -0.39 is 10.8 Å². The fourth-order valence-corrected chi connectivity index (χ4v) is 3.42. The highest BCUT2D eigenvalue weighted by Gasteiger charge is 2.18. The predicted octanol–water partition coefficient (Wildman–Crippen LogP) is 3.08. The summed E-state index contributed by atoms with van der Waals surface area (Å²) in [5, 5.41) is 3.82. The number of amides is 1. The number of hydrogen-bond acceptors (Lipinski definition) is 3. The number of carbonyl (C=O) groups is 1. The summed E-state index contributed by atoms with van der Waals surface area (Å²) in [6.07, 6.45) is 3.35. The van der Waals surface area contributed by atoms with Gasteiger partial charge in [0.25, 0.3) is 5.91 Å². The summed E-state index contributed by atoms with van der Waals surface area (Å²) in [6.45, 7) is 0. The number of hydrogen-bond donors (Lipinski definition) is 1. The molecule has 3 rings (SSSR count). The lowest BCUT2D eigenvalue weighted by Crippen LogP contribution is -2.32. The molecule has 3 aromatic rings. The van der Waals surface area contributed by atoms with E-state index in [-0.39, 0.29) is 11.9 Å². The van der Waals surface area contributed by atoms with Crippen molar-refractivity contribution in [2.24, 2.45) is 0 Å². The summed E-state index contributed by atoms with van der Waals surface area (Å²) in [5.41, 5.74) is 2.29. The summed E-state index contributed by atoms with van der Waals surface area (Å²) in [4.78, 5) is 17.1. The molecule has 1 aromatic heterocycles. The van der Waals surface area contributed by atoms with Gasteiger partial charge in [-0.15, -0.1) is 0 Å². The Labute approximate surface area is 143 Å². The number of carbonyl (C=O) groups excluding carboxylic acids is 1. The Morgan fingerprint density at radius 3 is 2.62 bits per heavy atom. The molecule has 5 heteroatoms. The monoisotopic (exact) mass is 338 g/mol. The zero-order chi connectivity index (χ0) is 16.9. The molecule has 1 amide bonds. The van der Waals surface area contributed by atoms with E-state index in [1.54, 1.807) is 18.5 Å². The molecule has 1 heterocycles. The van der Waals surface area contributed by atoms with Gasteiger partial charge in [0, 0.05) is 40.0 Å². The first-order valence-corrected chi connectivity index (χ1v) is 9.37. The number of nitrogens with one attached hydrogen (secondary N) is 1. The Bertz CT molecular complexity index is 875. The third-order valence-electron chi connectivity index (χ3n) is 3.80. The zero-order valence-corrected chi connectivity index (χ0v) is 14.1. The maximum absolute atomic E-state index is 12.8. The highest BCUT2D eigenvalue weighted by molar-refractivity contribution is 7.84. The molecule has 0 saturated heterocycles. The number of fused-ring (bicyclic) bond motifs is 1. The summed E-state index contributed by atoms with van der Waals surface area (Å²) >= 11 is 0. The summed E-state index contributed by atoms with van der Waals surface area (Å²) < 4.78 is 11.7. The molecule has 2 aromatic carbocycles. The predicted molar refractivity (Wildman–Crippen MR) is 97.3 cm³/mol. The fraction of sp³-hybridized carbons (Fsp3) is 0.158. The molecule has 2 atom stereocenters. The molecule has 0 fully saturated rings. The van der Waals surface area contributed by atoms with E-state index >= 15 is 0 Å². The van der Waals surface area contributed by atoms with Crippen molar-refractivity contribution in [1.29, 1.82) is 0 Å². The van der Waals surface area contributed by atoms with Crippen LogP contribution in [0.15, 0.2) is 66.9 Å². The average Bonchev–Trinajstić information content (AvgIpc) is 2.61. The van der Waals surface area contributed by atoms with Gasteiger partial charge < -0.3 is 5.32 Å². The highest BCUT2D eigenvalue weighted by Crippen LogP contribution is 2.19. The zero-order valence-electron chi connectivity index (χ0n) is 13.3. The van der Waals surface area contributed by atoms with Gasteiger partial charge in [-0.25, -0.2) is 0 Å². The van der Waals surface area contributed by atoms with Crippen molar-refractivity contribution in [3.8, 4) is 0 Å². The van der Waals surface area contributed by atoms with Crippen LogP contribution in [0.2, 0.25) is 0 Å². The topological polar surface area (TPSA) is 59.1 Å². The number of benzene rings is 2. The van der Waals surface area contributed by atoms with E-state index in [4.69, 9.17) is 0 Å². The van der Waals surface area contributed by atoms with Crippen molar-refractivity contribution in [3.05, 3.63) is 78.0 Å². The van der Waals surface area contributed by atoms with E-state index in [0.29, 0.717) is 11.3 Å². The molecule has 1 N–H and O–H groups in total. The first-order valence-electron chi connectivity index (χ1n) is 7.65. The third-order valence-corrected chi connectivity index (χ3v) is 4.60. The van der Waals surface area contributed by atoms with Crippen LogP contribution >= 0.6 is 0 Å². The number of rotatable bonds is 5. The quantitative estimate of drug-likeness (QED) is 0.778. The first kappa shape index (κ1) is 16.3. The second-order valence-corrected chi connectivity index (χ2v) is 7.03. The van der Waals surface area contributed by atoms with E-state index in [9.17, 15) is 9.00 Å². The van der Waals surface area contributed by atoms with Gasteiger partial charge in [0.1, 0.15) is 0 Å². The number of aromatic nitrogens is 1. The van der Waals surface area contributed by atoms with Crippen LogP contribution in [0, 0.1) is 0 Å². The van der Waals surface area contributed by atoms with Gasteiger partial charge in [0.05, 0.1) is 11.6 Å². The molecule has 0 spiro atoms. The Morgan fingerprint density at radius 2 is 1.88 bits per heavy atom. The summed E-state index contributed by atoms with van der Waals surface area (Å²) in [6, 6.07) is 18.5. The van der Waals surface area contributed by atoms with Gasteiger partial charge >= 0.3 is 0 Å². The minimum absolute atomic E-state index is 0.187. The molecular formula is C19H18N2O2S. The minimum Gasteiger partial charge on any atom is -0.344 e. The maximum atomic E-state index is 12.8. The largest absolute Gasteiger partial charge is 0.344 e. The van der Waals surface area contributed by atoms with Crippen molar-refractivity contribution in [2.75, 3.05) is 12.0 Å². The molecule has 4 nitrogen and oxygen atoms in total. The Kier molecular flexibility index (Phi) is 5.01. The van der Waals surface area contributed by atoms with Crippen LogP contribution in [-0.4, -0.2) is 27.1 Å². The molecule has 0 radical (unpaired) electrons. The van der Waals surface area contributed by atoms with Crippen molar-refractivity contribution >= 4 is 27.6 Å². The SMILES string of the molecule is C[S@](=O)C[C@@H](NC(=O)c1cccc2ncccc12)c1ccccc1. The Balaban J connectivity index is 1.91. The van der Waals surface area contributed by atoms with Crippen molar-refractivity contribution < 1.29 is 9.00 Å². The summed E-state index contributed by atoms with van der Waals surface area (Å²) in [5.74, 6) is 0.187. The van der Waals surface area contributed by atoms with Crippen molar-refractivity contribution in [3.63, 3.8) is 0 Å². The van der Waals surface area contributed by atoms with Crippen LogP contribution in [0.1, 0.15) is 22.0 Å². The van der Waals surface area contributed by atoms with Gasteiger partial charge in [-0.3, -0.25) is 14.0 Å². The van der Waals surface area contributed by atoms with Gasteiger partial charge in [0.2, 0.25) is 0 Å². The Morgan fingerprint density at radius 1 is 1.08 bits per heavy atom. The van der Waals surface area contributed by atoms with Crippen LogP contribution in [0.3, 0.4) is 0 Å². The van der Waals surface area contributed by atoms with Gasteiger partial charge in [0.15, 0.2) is 0 Å². The van der Waals surface area contributed by atoms with Gasteiger partial charge in [-0.05, 0) is 23.8 Å². The molecule has 0 unspecified atom stereocenters. The average molecular weight is 338 g/mol. The van der Waals surface area contributed by atoms with E-state index in [2.05, 4.69) is 10.3 Å². The van der Waals surface area contributed by atoms with Gasteiger partial charge in [-0.2, -0.15) is 0 Å². The van der Waals surface area contributed by atoms with E-state index in [1.165, 1.54) is 0 Å². The number of pyridine rings is 1. The van der Waals surface area contributed by atoms with Crippen molar-refractivity contribution in [2.45, 2.75) is 6.04 Å². The molecule has 0 bridgehead atoms. The van der Waals surface area contributed by atoms with Crippen LogP contribution in [0.4, 0.5) is 0 Å². The van der Waals surface area contributed by atoms with Crippen LogP contribution in [0.25, 0.3) is 10.9 Å². The van der Waals surface area contributed by atoms with E-state index in [1.807, 2.05) is 54.6 Å². The lowest BCUT2D eigenvalue weighted by atomic mass is 10.1. The second kappa shape index (κ2) is 7.36. The fourth-order valence-electron chi connectivity index (χ4n) is 2.68. The van der Waals surface area contributed by atoms with Crippen molar-refractivity contribution in [1.82, 2.24) is 10.3 Å². The van der Waals surface area contributed by atoms with Crippen LogP contribution in [0.5, 0.6) is 0 Å². The molecule has 0 saturated carbocycles. The highest BCUT2D eigenvalue weighted by atomic mass is 32.2. The molecule has 0 aliphatic rings.